The lowest BCUT2D eigenvalue weighted by Gasteiger charge is -2.07. The van der Waals surface area contributed by atoms with E-state index in [0.29, 0.717) is 17.3 Å². The quantitative estimate of drug-likeness (QED) is 0.611. The van der Waals surface area contributed by atoms with Crippen LogP contribution >= 0.6 is 23.4 Å². The summed E-state index contributed by atoms with van der Waals surface area (Å²) < 4.78 is 1.92. The number of benzene rings is 2. The topological polar surface area (TPSA) is 59.8 Å². The van der Waals surface area contributed by atoms with E-state index >= 15 is 0 Å². The smallest absolute Gasteiger partial charge is 0.230 e. The van der Waals surface area contributed by atoms with E-state index in [2.05, 4.69) is 15.5 Å². The highest BCUT2D eigenvalue weighted by atomic mass is 35.5. The van der Waals surface area contributed by atoms with E-state index < -0.39 is 0 Å². The fourth-order valence-corrected chi connectivity index (χ4v) is 3.54. The molecule has 2 aromatic carbocycles. The van der Waals surface area contributed by atoms with E-state index in [1.54, 1.807) is 0 Å². The summed E-state index contributed by atoms with van der Waals surface area (Å²) >= 11 is 7.26. The summed E-state index contributed by atoms with van der Waals surface area (Å²) in [5.74, 6) is 1.09. The average molecular weight is 401 g/mol. The number of thioether (sulfide) groups is 1. The highest BCUT2D eigenvalue weighted by molar-refractivity contribution is 7.99. The zero-order valence-electron chi connectivity index (χ0n) is 15.3. The minimum atomic E-state index is -0.0191. The van der Waals surface area contributed by atoms with Gasteiger partial charge in [-0.05, 0) is 36.6 Å². The van der Waals surface area contributed by atoms with E-state index in [9.17, 15) is 4.79 Å². The van der Waals surface area contributed by atoms with Gasteiger partial charge in [-0.3, -0.25) is 4.79 Å². The van der Waals surface area contributed by atoms with Gasteiger partial charge in [-0.1, -0.05) is 59.8 Å². The molecule has 140 valence electrons. The Morgan fingerprint density at radius 3 is 2.63 bits per heavy atom. The Balaban J connectivity index is 1.50. The Kier molecular flexibility index (Phi) is 6.53. The number of nitrogens with one attached hydrogen (secondary N) is 1. The molecule has 3 aromatic rings. The lowest BCUT2D eigenvalue weighted by molar-refractivity contribution is -0.118. The summed E-state index contributed by atoms with van der Waals surface area (Å²) in [6.07, 6.45) is 0.773. The van der Waals surface area contributed by atoms with Crippen LogP contribution in [0.5, 0.6) is 0 Å². The van der Waals surface area contributed by atoms with Crippen molar-refractivity contribution in [3.63, 3.8) is 0 Å². The third-order valence-corrected chi connectivity index (χ3v) is 5.47. The lowest BCUT2D eigenvalue weighted by Crippen LogP contribution is -2.27. The first kappa shape index (κ1) is 19.5. The van der Waals surface area contributed by atoms with Gasteiger partial charge in [-0.15, -0.1) is 10.2 Å². The largest absolute Gasteiger partial charge is 0.355 e. The Labute approximate surface area is 168 Å². The molecule has 0 spiro atoms. The van der Waals surface area contributed by atoms with Gasteiger partial charge in [0.05, 0.1) is 5.75 Å². The molecule has 0 saturated carbocycles. The van der Waals surface area contributed by atoms with Crippen molar-refractivity contribution in [2.24, 2.45) is 7.05 Å². The van der Waals surface area contributed by atoms with Crippen LogP contribution in [0.1, 0.15) is 11.1 Å². The molecule has 5 nitrogen and oxygen atoms in total. The number of halogens is 1. The van der Waals surface area contributed by atoms with Gasteiger partial charge in [-0.2, -0.15) is 0 Å². The molecule has 1 N–H and O–H groups in total. The molecule has 3 rings (SSSR count). The van der Waals surface area contributed by atoms with E-state index in [1.165, 1.54) is 11.8 Å². The normalized spacial score (nSPS) is 10.8. The van der Waals surface area contributed by atoms with Crippen LogP contribution < -0.4 is 5.32 Å². The molecule has 1 heterocycles. The summed E-state index contributed by atoms with van der Waals surface area (Å²) in [5.41, 5.74) is 3.33. The van der Waals surface area contributed by atoms with Crippen molar-refractivity contribution in [3.8, 4) is 11.4 Å². The zero-order valence-corrected chi connectivity index (χ0v) is 16.8. The highest BCUT2D eigenvalue weighted by Gasteiger charge is 2.14. The second-order valence-electron chi connectivity index (χ2n) is 6.20. The number of rotatable bonds is 7. The number of hydrogen-bond donors (Lipinski definition) is 1. The van der Waals surface area contributed by atoms with Gasteiger partial charge in [0.1, 0.15) is 0 Å². The van der Waals surface area contributed by atoms with Crippen molar-refractivity contribution >= 4 is 29.3 Å². The molecule has 0 radical (unpaired) electrons. The third kappa shape index (κ3) is 5.11. The van der Waals surface area contributed by atoms with Crippen LogP contribution in [0.3, 0.4) is 0 Å². The number of aromatic nitrogens is 3. The van der Waals surface area contributed by atoms with Crippen molar-refractivity contribution in [1.82, 2.24) is 20.1 Å². The molecule has 0 atom stereocenters. The van der Waals surface area contributed by atoms with Crippen molar-refractivity contribution < 1.29 is 4.79 Å². The first-order chi connectivity index (χ1) is 13.0. The average Bonchev–Trinajstić information content (AvgIpc) is 3.02. The standard InChI is InChI=1S/C20H21ClN4OS/c1-14-5-3-4-6-17(14)19-23-24-20(25(19)2)27-13-18(26)22-12-11-15-7-9-16(21)10-8-15/h3-10H,11-13H2,1-2H3,(H,22,26). The second kappa shape index (κ2) is 9.06. The Bertz CT molecular complexity index is 924. The molecule has 27 heavy (non-hydrogen) atoms. The van der Waals surface area contributed by atoms with Crippen molar-refractivity contribution in [2.45, 2.75) is 18.5 Å². The van der Waals surface area contributed by atoms with Gasteiger partial charge in [0.15, 0.2) is 11.0 Å². The summed E-state index contributed by atoms with van der Waals surface area (Å²) in [7, 11) is 1.92. The van der Waals surface area contributed by atoms with Gasteiger partial charge in [-0.25, -0.2) is 0 Å². The fourth-order valence-electron chi connectivity index (χ4n) is 2.68. The van der Waals surface area contributed by atoms with Crippen molar-refractivity contribution in [2.75, 3.05) is 12.3 Å². The summed E-state index contributed by atoms with van der Waals surface area (Å²) in [6.45, 7) is 2.64. The SMILES string of the molecule is Cc1ccccc1-c1nnc(SCC(=O)NCCc2ccc(Cl)cc2)n1C. The Morgan fingerprint density at radius 1 is 1.15 bits per heavy atom. The summed E-state index contributed by atoms with van der Waals surface area (Å²) in [4.78, 5) is 12.1. The van der Waals surface area contributed by atoms with E-state index in [0.717, 1.165) is 34.1 Å². The minimum Gasteiger partial charge on any atom is -0.355 e. The molecule has 0 aliphatic heterocycles. The minimum absolute atomic E-state index is 0.0191. The molecule has 0 unspecified atom stereocenters. The van der Waals surface area contributed by atoms with E-state index in [1.807, 2.05) is 67.1 Å². The number of amides is 1. The Morgan fingerprint density at radius 2 is 1.89 bits per heavy atom. The maximum atomic E-state index is 12.1. The monoisotopic (exact) mass is 400 g/mol. The number of aryl methyl sites for hydroxylation is 1. The zero-order chi connectivity index (χ0) is 19.2. The molecule has 0 bridgehead atoms. The van der Waals surface area contributed by atoms with Gasteiger partial charge in [0.2, 0.25) is 5.91 Å². The number of hydrogen-bond acceptors (Lipinski definition) is 4. The molecule has 7 heteroatoms. The lowest BCUT2D eigenvalue weighted by atomic mass is 10.1. The van der Waals surface area contributed by atoms with Crippen LogP contribution in [0.25, 0.3) is 11.4 Å². The van der Waals surface area contributed by atoms with Crippen LogP contribution in [0, 0.1) is 6.92 Å². The predicted molar refractivity (Wildman–Crippen MR) is 110 cm³/mol. The van der Waals surface area contributed by atoms with Crippen LogP contribution in [-0.2, 0) is 18.3 Å². The number of nitrogens with zero attached hydrogens (tertiary/aromatic N) is 3. The predicted octanol–water partition coefficient (Wildman–Crippen LogP) is 3.89. The molecule has 0 saturated heterocycles. The first-order valence-corrected chi connectivity index (χ1v) is 10.0. The van der Waals surface area contributed by atoms with Gasteiger partial charge in [0.25, 0.3) is 0 Å². The van der Waals surface area contributed by atoms with Gasteiger partial charge >= 0.3 is 0 Å². The molecule has 0 aliphatic rings. The molecular weight excluding hydrogens is 380 g/mol. The fraction of sp³-hybridized carbons (Fsp3) is 0.250. The third-order valence-electron chi connectivity index (χ3n) is 4.20. The molecule has 1 amide bonds. The Hall–Kier alpha value is -2.31. The molecule has 1 aromatic heterocycles. The van der Waals surface area contributed by atoms with Crippen LogP contribution in [0.4, 0.5) is 0 Å². The van der Waals surface area contributed by atoms with Crippen LogP contribution in [0.2, 0.25) is 5.02 Å². The number of carbonyl (C=O) groups is 1. The van der Waals surface area contributed by atoms with Crippen LogP contribution in [0.15, 0.2) is 53.7 Å². The van der Waals surface area contributed by atoms with Crippen LogP contribution in [-0.4, -0.2) is 33.0 Å². The molecule has 0 fully saturated rings. The van der Waals surface area contributed by atoms with Crippen molar-refractivity contribution in [3.05, 3.63) is 64.7 Å². The maximum Gasteiger partial charge on any atom is 0.230 e. The summed E-state index contributed by atoms with van der Waals surface area (Å²) in [6, 6.07) is 15.7. The molecule has 0 aliphatic carbocycles. The second-order valence-corrected chi connectivity index (χ2v) is 7.57. The van der Waals surface area contributed by atoms with E-state index in [-0.39, 0.29) is 5.91 Å². The first-order valence-electron chi connectivity index (χ1n) is 8.64. The summed E-state index contributed by atoms with van der Waals surface area (Å²) in [5, 5.41) is 12.9. The van der Waals surface area contributed by atoms with Gasteiger partial charge < -0.3 is 9.88 Å². The number of carbonyl (C=O) groups excluding carboxylic acids is 1. The van der Waals surface area contributed by atoms with Gasteiger partial charge in [0, 0.05) is 24.2 Å². The van der Waals surface area contributed by atoms with E-state index in [4.69, 9.17) is 11.6 Å². The van der Waals surface area contributed by atoms with Crippen molar-refractivity contribution in [1.29, 1.82) is 0 Å². The maximum absolute atomic E-state index is 12.1. The molecular formula is C20H21ClN4OS. The highest BCUT2D eigenvalue weighted by Crippen LogP contribution is 2.24.